The highest BCUT2D eigenvalue weighted by molar-refractivity contribution is 7.98. The zero-order valence-electron chi connectivity index (χ0n) is 10.2. The highest BCUT2D eigenvalue weighted by Gasteiger charge is 2.09. The number of hydrogen-bond acceptors (Lipinski definition) is 3. The Hall–Kier alpha value is -0.510. The predicted octanol–water partition coefficient (Wildman–Crippen LogP) is 2.31. The van der Waals surface area contributed by atoms with Crippen molar-refractivity contribution < 1.29 is 5.11 Å². The molecule has 2 nitrogen and oxygen atoms in total. The summed E-state index contributed by atoms with van der Waals surface area (Å²) in [5.74, 6) is 0. The average Bonchev–Trinajstić information content (AvgIpc) is 2.29. The van der Waals surface area contributed by atoms with Crippen molar-refractivity contribution in [1.82, 2.24) is 5.32 Å². The van der Waals surface area contributed by atoms with Crippen LogP contribution in [0.1, 0.15) is 19.4 Å². The fraction of sp³-hybridized carbons (Fsp3) is 0.538. The standard InChI is InChI=1S/C13H21NOS/c1-10(14-11(2)9-15)8-12-6-4-5-7-13(12)16-3/h4-7,10-11,14-15H,8-9H2,1-3H3/t10?,11-/m0/s1. The van der Waals surface area contributed by atoms with Crippen molar-refractivity contribution in [3.63, 3.8) is 0 Å². The first kappa shape index (κ1) is 13.6. The third kappa shape index (κ3) is 4.16. The third-order valence-electron chi connectivity index (χ3n) is 2.56. The third-order valence-corrected chi connectivity index (χ3v) is 3.40. The number of nitrogens with one attached hydrogen (secondary N) is 1. The van der Waals surface area contributed by atoms with Crippen LogP contribution in [-0.2, 0) is 6.42 Å². The lowest BCUT2D eigenvalue weighted by Crippen LogP contribution is -2.38. The van der Waals surface area contributed by atoms with Crippen LogP contribution in [0.4, 0.5) is 0 Å². The summed E-state index contributed by atoms with van der Waals surface area (Å²) in [5, 5.41) is 12.4. The molecule has 0 heterocycles. The van der Waals surface area contributed by atoms with Gasteiger partial charge in [0.05, 0.1) is 6.61 Å². The number of hydrogen-bond donors (Lipinski definition) is 2. The van der Waals surface area contributed by atoms with E-state index in [-0.39, 0.29) is 12.6 Å². The van der Waals surface area contributed by atoms with Gasteiger partial charge in [0.15, 0.2) is 0 Å². The molecular formula is C13H21NOS. The number of rotatable bonds is 6. The van der Waals surface area contributed by atoms with Gasteiger partial charge in [-0.25, -0.2) is 0 Å². The van der Waals surface area contributed by atoms with Crippen LogP contribution in [0.25, 0.3) is 0 Å². The zero-order valence-corrected chi connectivity index (χ0v) is 11.1. The molecule has 0 radical (unpaired) electrons. The quantitative estimate of drug-likeness (QED) is 0.747. The normalized spacial score (nSPS) is 14.8. The summed E-state index contributed by atoms with van der Waals surface area (Å²) in [6.07, 6.45) is 3.11. The summed E-state index contributed by atoms with van der Waals surface area (Å²) in [4.78, 5) is 1.34. The van der Waals surface area contributed by atoms with Crippen molar-refractivity contribution in [3.05, 3.63) is 29.8 Å². The van der Waals surface area contributed by atoms with Crippen LogP contribution in [-0.4, -0.2) is 30.1 Å². The van der Waals surface area contributed by atoms with Crippen LogP contribution in [0.2, 0.25) is 0 Å². The average molecular weight is 239 g/mol. The first-order valence-electron chi connectivity index (χ1n) is 5.66. The second kappa shape index (κ2) is 6.94. The summed E-state index contributed by atoms with van der Waals surface area (Å²) < 4.78 is 0. The van der Waals surface area contributed by atoms with Crippen LogP contribution < -0.4 is 5.32 Å². The van der Waals surface area contributed by atoms with Gasteiger partial charge in [0, 0.05) is 17.0 Å². The van der Waals surface area contributed by atoms with Crippen molar-refractivity contribution in [2.45, 2.75) is 37.2 Å². The number of thioether (sulfide) groups is 1. The lowest BCUT2D eigenvalue weighted by molar-refractivity contribution is 0.242. The van der Waals surface area contributed by atoms with Crippen molar-refractivity contribution in [3.8, 4) is 0 Å². The van der Waals surface area contributed by atoms with E-state index in [1.807, 2.05) is 6.92 Å². The van der Waals surface area contributed by atoms with E-state index in [9.17, 15) is 0 Å². The van der Waals surface area contributed by atoms with Gasteiger partial charge in [-0.15, -0.1) is 11.8 Å². The molecule has 16 heavy (non-hydrogen) atoms. The molecule has 90 valence electrons. The van der Waals surface area contributed by atoms with Crippen molar-refractivity contribution in [2.75, 3.05) is 12.9 Å². The molecule has 0 aliphatic carbocycles. The maximum absolute atomic E-state index is 8.98. The summed E-state index contributed by atoms with van der Waals surface area (Å²) in [7, 11) is 0. The number of aliphatic hydroxyl groups is 1. The minimum atomic E-state index is 0.163. The maximum Gasteiger partial charge on any atom is 0.0582 e. The van der Waals surface area contributed by atoms with Crippen LogP contribution >= 0.6 is 11.8 Å². The van der Waals surface area contributed by atoms with Crippen LogP contribution in [0, 0.1) is 0 Å². The topological polar surface area (TPSA) is 32.3 Å². The van der Waals surface area contributed by atoms with E-state index in [2.05, 4.69) is 42.8 Å². The number of aliphatic hydroxyl groups excluding tert-OH is 1. The molecule has 0 amide bonds. The van der Waals surface area contributed by atoms with Crippen molar-refractivity contribution in [1.29, 1.82) is 0 Å². The molecule has 1 rings (SSSR count). The minimum absolute atomic E-state index is 0.163. The van der Waals surface area contributed by atoms with Gasteiger partial charge in [-0.3, -0.25) is 0 Å². The molecule has 0 saturated carbocycles. The fourth-order valence-electron chi connectivity index (χ4n) is 1.80. The molecule has 1 aromatic carbocycles. The predicted molar refractivity (Wildman–Crippen MR) is 71.1 cm³/mol. The molecule has 0 bridgehead atoms. The second-order valence-electron chi connectivity index (χ2n) is 4.17. The first-order valence-corrected chi connectivity index (χ1v) is 6.88. The Labute approximate surface area is 102 Å². The molecule has 0 aliphatic rings. The monoisotopic (exact) mass is 239 g/mol. The van der Waals surface area contributed by atoms with E-state index in [0.29, 0.717) is 6.04 Å². The molecule has 0 aromatic heterocycles. The van der Waals surface area contributed by atoms with E-state index in [4.69, 9.17) is 5.11 Å². The lowest BCUT2D eigenvalue weighted by Gasteiger charge is -2.19. The van der Waals surface area contributed by atoms with E-state index < -0.39 is 0 Å². The van der Waals surface area contributed by atoms with Crippen LogP contribution in [0.15, 0.2) is 29.2 Å². The Kier molecular flexibility index (Phi) is 5.88. The maximum atomic E-state index is 8.98. The van der Waals surface area contributed by atoms with Gasteiger partial charge in [0.1, 0.15) is 0 Å². The molecule has 2 N–H and O–H groups in total. The minimum Gasteiger partial charge on any atom is -0.395 e. The van der Waals surface area contributed by atoms with Crippen LogP contribution in [0.5, 0.6) is 0 Å². The summed E-state index contributed by atoms with van der Waals surface area (Å²) in [6, 6.07) is 9.03. The Morgan fingerprint density at radius 1 is 1.25 bits per heavy atom. The molecule has 2 atom stereocenters. The Balaban J connectivity index is 2.58. The van der Waals surface area contributed by atoms with Crippen LogP contribution in [0.3, 0.4) is 0 Å². The smallest absolute Gasteiger partial charge is 0.0582 e. The van der Waals surface area contributed by atoms with Crippen molar-refractivity contribution in [2.24, 2.45) is 0 Å². The van der Waals surface area contributed by atoms with Gasteiger partial charge in [-0.2, -0.15) is 0 Å². The van der Waals surface area contributed by atoms with E-state index >= 15 is 0 Å². The summed E-state index contributed by atoms with van der Waals surface area (Å²) in [5.41, 5.74) is 1.38. The SMILES string of the molecule is CSc1ccccc1CC(C)N[C@@H](C)CO. The highest BCUT2D eigenvalue weighted by Crippen LogP contribution is 2.21. The van der Waals surface area contributed by atoms with Crippen molar-refractivity contribution >= 4 is 11.8 Å². The Bertz CT molecular complexity index is 317. The van der Waals surface area contributed by atoms with Gasteiger partial charge in [-0.05, 0) is 38.2 Å². The summed E-state index contributed by atoms with van der Waals surface area (Å²) in [6.45, 7) is 4.34. The molecule has 1 unspecified atom stereocenters. The molecule has 0 saturated heterocycles. The van der Waals surface area contributed by atoms with E-state index in [1.54, 1.807) is 11.8 Å². The van der Waals surface area contributed by atoms with E-state index in [1.165, 1.54) is 10.5 Å². The first-order chi connectivity index (χ1) is 7.67. The Morgan fingerprint density at radius 3 is 2.56 bits per heavy atom. The van der Waals surface area contributed by atoms with Gasteiger partial charge < -0.3 is 10.4 Å². The largest absolute Gasteiger partial charge is 0.395 e. The van der Waals surface area contributed by atoms with Gasteiger partial charge >= 0.3 is 0 Å². The fourth-order valence-corrected chi connectivity index (χ4v) is 2.43. The molecular weight excluding hydrogens is 218 g/mol. The highest BCUT2D eigenvalue weighted by atomic mass is 32.2. The second-order valence-corrected chi connectivity index (χ2v) is 5.02. The molecule has 3 heteroatoms. The Morgan fingerprint density at radius 2 is 1.94 bits per heavy atom. The van der Waals surface area contributed by atoms with Gasteiger partial charge in [-0.1, -0.05) is 18.2 Å². The molecule has 0 spiro atoms. The molecule has 0 aliphatic heterocycles. The lowest BCUT2D eigenvalue weighted by atomic mass is 10.1. The molecule has 1 aromatic rings. The summed E-state index contributed by atoms with van der Waals surface area (Å²) >= 11 is 1.78. The zero-order chi connectivity index (χ0) is 12.0. The molecule has 0 fully saturated rings. The van der Waals surface area contributed by atoms with Gasteiger partial charge in [0.25, 0.3) is 0 Å². The van der Waals surface area contributed by atoms with Gasteiger partial charge in [0.2, 0.25) is 0 Å². The van der Waals surface area contributed by atoms with E-state index in [0.717, 1.165) is 6.42 Å². The number of benzene rings is 1.